The van der Waals surface area contributed by atoms with Gasteiger partial charge in [0.05, 0.1) is 17.5 Å². The van der Waals surface area contributed by atoms with E-state index >= 15 is 0 Å². The number of ether oxygens (including phenoxy) is 1. The first-order valence-corrected chi connectivity index (χ1v) is 10.3. The van der Waals surface area contributed by atoms with Crippen LogP contribution < -0.4 is 16.5 Å². The average molecular weight is 417 g/mol. The number of aromatic nitrogens is 1. The van der Waals surface area contributed by atoms with Crippen LogP contribution >= 0.6 is 0 Å². The number of carbonyl (C=O) groups excluding carboxylic acids is 1. The molecule has 1 aliphatic carbocycles. The van der Waals surface area contributed by atoms with Crippen molar-refractivity contribution in [1.29, 1.82) is 0 Å². The second-order valence-corrected chi connectivity index (χ2v) is 7.95. The van der Waals surface area contributed by atoms with E-state index in [0.29, 0.717) is 11.9 Å². The van der Waals surface area contributed by atoms with E-state index < -0.39 is 23.0 Å². The van der Waals surface area contributed by atoms with Crippen molar-refractivity contribution in [2.24, 2.45) is 5.73 Å². The second-order valence-electron chi connectivity index (χ2n) is 7.95. The van der Waals surface area contributed by atoms with Crippen LogP contribution in [0.5, 0.6) is 0 Å². The van der Waals surface area contributed by atoms with Crippen LogP contribution in [0, 0.1) is 11.6 Å². The smallest absolute Gasteiger partial charge is 0.343 e. The number of benzene rings is 1. The molecule has 1 aromatic heterocycles. The van der Waals surface area contributed by atoms with Gasteiger partial charge in [0.25, 0.3) is 0 Å². The molecule has 2 aliphatic rings. The first-order valence-electron chi connectivity index (χ1n) is 10.3. The molecule has 0 radical (unpaired) electrons. The maximum absolute atomic E-state index is 14.8. The van der Waals surface area contributed by atoms with Crippen molar-refractivity contribution in [3.63, 3.8) is 0 Å². The Kier molecular flexibility index (Phi) is 5.71. The van der Waals surface area contributed by atoms with E-state index in [1.807, 2.05) is 0 Å². The number of rotatable bonds is 6. The van der Waals surface area contributed by atoms with Gasteiger partial charge in [0.15, 0.2) is 11.6 Å². The lowest BCUT2D eigenvalue weighted by Gasteiger charge is -2.16. The fourth-order valence-corrected chi connectivity index (χ4v) is 4.02. The third kappa shape index (κ3) is 3.89. The zero-order chi connectivity index (χ0) is 21.4. The molecule has 6 nitrogen and oxygen atoms in total. The van der Waals surface area contributed by atoms with Crippen LogP contribution in [0.25, 0.3) is 17.0 Å². The quantitative estimate of drug-likeness (QED) is 0.706. The van der Waals surface area contributed by atoms with Crippen LogP contribution in [0.3, 0.4) is 0 Å². The van der Waals surface area contributed by atoms with E-state index in [1.54, 1.807) is 17.6 Å². The standard InChI is InChI=1S/C22H25F2N3O3/c1-2-30-22(29)17-11-27(14-6-7-14)20-15(5-3-4-13-8-12(25)10-26-13)19(24)18(23)9-16(20)21(17)28/h3,5,9,11-14,26H,2,4,6-8,10,25H2,1H3/b5-3-/t12-,13+/m1/s1. The summed E-state index contributed by atoms with van der Waals surface area (Å²) in [7, 11) is 0. The summed E-state index contributed by atoms with van der Waals surface area (Å²) in [4.78, 5) is 25.2. The molecule has 160 valence electrons. The molecule has 1 aromatic carbocycles. The molecule has 0 spiro atoms. The minimum atomic E-state index is -1.12. The number of fused-ring (bicyclic) bond motifs is 1. The summed E-state index contributed by atoms with van der Waals surface area (Å²) in [5, 5.41) is 3.26. The summed E-state index contributed by atoms with van der Waals surface area (Å²) in [6.45, 7) is 2.49. The van der Waals surface area contributed by atoms with Crippen LogP contribution in [0.2, 0.25) is 0 Å². The molecule has 2 fully saturated rings. The van der Waals surface area contributed by atoms with Crippen molar-refractivity contribution in [2.45, 2.75) is 50.7 Å². The lowest BCUT2D eigenvalue weighted by Crippen LogP contribution is -2.23. The van der Waals surface area contributed by atoms with Crippen LogP contribution in [-0.2, 0) is 4.74 Å². The van der Waals surface area contributed by atoms with E-state index in [1.165, 1.54) is 12.3 Å². The normalized spacial score (nSPS) is 21.6. The van der Waals surface area contributed by atoms with Gasteiger partial charge in [-0.15, -0.1) is 0 Å². The van der Waals surface area contributed by atoms with Crippen LogP contribution in [-0.4, -0.2) is 35.8 Å². The van der Waals surface area contributed by atoms with Crippen molar-refractivity contribution >= 4 is 22.9 Å². The van der Waals surface area contributed by atoms with Gasteiger partial charge in [-0.1, -0.05) is 12.2 Å². The summed E-state index contributed by atoms with van der Waals surface area (Å²) >= 11 is 0. The Morgan fingerprint density at radius 2 is 2.17 bits per heavy atom. The zero-order valence-electron chi connectivity index (χ0n) is 16.8. The summed E-state index contributed by atoms with van der Waals surface area (Å²) in [5.41, 5.74) is 5.40. The Labute approximate surface area is 172 Å². The molecule has 1 saturated heterocycles. The van der Waals surface area contributed by atoms with Gasteiger partial charge in [-0.2, -0.15) is 0 Å². The average Bonchev–Trinajstić information content (AvgIpc) is 3.47. The van der Waals surface area contributed by atoms with E-state index in [2.05, 4.69) is 5.32 Å². The van der Waals surface area contributed by atoms with Gasteiger partial charge >= 0.3 is 5.97 Å². The number of nitrogens with zero attached hydrogens (tertiary/aromatic N) is 1. The van der Waals surface area contributed by atoms with Crippen LogP contribution in [0.4, 0.5) is 8.78 Å². The molecule has 0 bridgehead atoms. The number of nitrogens with one attached hydrogen (secondary N) is 1. The van der Waals surface area contributed by atoms with Crippen molar-refractivity contribution < 1.29 is 18.3 Å². The maximum Gasteiger partial charge on any atom is 0.343 e. The van der Waals surface area contributed by atoms with Gasteiger partial charge in [-0.3, -0.25) is 4.79 Å². The molecule has 3 N–H and O–H groups in total. The summed E-state index contributed by atoms with van der Waals surface area (Å²) < 4.78 is 35.9. The highest BCUT2D eigenvalue weighted by molar-refractivity contribution is 5.96. The third-order valence-corrected chi connectivity index (χ3v) is 5.64. The topological polar surface area (TPSA) is 86.3 Å². The minimum Gasteiger partial charge on any atom is -0.462 e. The van der Waals surface area contributed by atoms with Crippen molar-refractivity contribution in [3.8, 4) is 0 Å². The molecule has 0 unspecified atom stereocenters. The van der Waals surface area contributed by atoms with Crippen molar-refractivity contribution in [1.82, 2.24) is 9.88 Å². The highest BCUT2D eigenvalue weighted by atomic mass is 19.2. The molecule has 2 heterocycles. The first-order chi connectivity index (χ1) is 14.4. The number of hydrogen-bond acceptors (Lipinski definition) is 5. The van der Waals surface area contributed by atoms with Crippen molar-refractivity contribution in [2.75, 3.05) is 13.2 Å². The molecule has 2 aromatic rings. The molecule has 0 amide bonds. The largest absolute Gasteiger partial charge is 0.462 e. The maximum atomic E-state index is 14.8. The Bertz CT molecular complexity index is 1080. The molecule has 8 heteroatoms. The lowest BCUT2D eigenvalue weighted by molar-refractivity contribution is 0.0524. The predicted molar refractivity (Wildman–Crippen MR) is 110 cm³/mol. The van der Waals surface area contributed by atoms with Crippen molar-refractivity contribution in [3.05, 3.63) is 51.3 Å². The zero-order valence-corrected chi connectivity index (χ0v) is 16.8. The van der Waals surface area contributed by atoms with Gasteiger partial charge in [-0.05, 0) is 38.7 Å². The van der Waals surface area contributed by atoms with Gasteiger partial charge in [0.1, 0.15) is 5.56 Å². The number of carbonyl (C=O) groups is 1. The van der Waals surface area contributed by atoms with Crippen LogP contribution in [0.1, 0.15) is 54.6 Å². The number of halogens is 2. The van der Waals surface area contributed by atoms with Gasteiger partial charge in [0, 0.05) is 36.4 Å². The minimum absolute atomic E-state index is 0.0201. The molecule has 4 rings (SSSR count). The van der Waals surface area contributed by atoms with E-state index in [4.69, 9.17) is 10.5 Å². The Balaban J connectivity index is 1.83. The molecular formula is C22H25F2N3O3. The second kappa shape index (κ2) is 8.28. The molecule has 1 aliphatic heterocycles. The number of hydrogen-bond donors (Lipinski definition) is 2. The first kappa shape index (κ1) is 20.7. The van der Waals surface area contributed by atoms with E-state index in [-0.39, 0.29) is 41.2 Å². The summed E-state index contributed by atoms with van der Waals surface area (Å²) in [6, 6.07) is 1.19. The fourth-order valence-electron chi connectivity index (χ4n) is 4.02. The van der Waals surface area contributed by atoms with Crippen LogP contribution in [0.15, 0.2) is 23.1 Å². The Morgan fingerprint density at radius 3 is 2.80 bits per heavy atom. The molecular weight excluding hydrogens is 392 g/mol. The predicted octanol–water partition coefficient (Wildman–Crippen LogP) is 2.88. The molecule has 2 atom stereocenters. The number of pyridine rings is 1. The number of esters is 1. The molecule has 30 heavy (non-hydrogen) atoms. The van der Waals surface area contributed by atoms with Gasteiger partial charge < -0.3 is 20.4 Å². The Morgan fingerprint density at radius 1 is 1.40 bits per heavy atom. The monoisotopic (exact) mass is 417 g/mol. The Hall–Kier alpha value is -2.58. The fraction of sp³-hybridized carbons (Fsp3) is 0.455. The van der Waals surface area contributed by atoms with Gasteiger partial charge in [-0.25, -0.2) is 13.6 Å². The summed E-state index contributed by atoms with van der Waals surface area (Å²) in [6.07, 6.45) is 7.82. The van der Waals surface area contributed by atoms with E-state index in [9.17, 15) is 18.4 Å². The SMILES string of the molecule is CCOC(=O)c1cn(C2CC2)c2c(/C=C\C[C@H]3C[C@@H](N)CN3)c(F)c(F)cc2c1=O. The third-order valence-electron chi connectivity index (χ3n) is 5.64. The van der Waals surface area contributed by atoms with Gasteiger partial charge in [0.2, 0.25) is 5.43 Å². The number of nitrogens with two attached hydrogens (primary N) is 1. The molecule has 1 saturated carbocycles. The summed E-state index contributed by atoms with van der Waals surface area (Å²) in [5.74, 6) is -2.89. The van der Waals surface area contributed by atoms with E-state index in [0.717, 1.165) is 31.9 Å². The highest BCUT2D eigenvalue weighted by Gasteiger charge is 2.29. The highest BCUT2D eigenvalue weighted by Crippen LogP contribution is 2.38. The lowest BCUT2D eigenvalue weighted by atomic mass is 10.0.